The Morgan fingerprint density at radius 2 is 1.56 bits per heavy atom. The van der Waals surface area contributed by atoms with E-state index < -0.39 is 36.0 Å². The van der Waals surface area contributed by atoms with Gasteiger partial charge in [0.25, 0.3) is 0 Å². The molecule has 0 fully saturated rings. The molecule has 0 saturated carbocycles. The van der Waals surface area contributed by atoms with E-state index in [1.807, 2.05) is 18.2 Å². The maximum Gasteiger partial charge on any atom is 0.408 e. The normalized spacial score (nSPS) is 12.5. The van der Waals surface area contributed by atoms with Crippen LogP contribution in [0.4, 0.5) is 4.79 Å². The van der Waals surface area contributed by atoms with Gasteiger partial charge in [-0.1, -0.05) is 56.3 Å². The molecule has 3 amide bonds. The van der Waals surface area contributed by atoms with E-state index in [0.717, 1.165) is 5.56 Å². The molecule has 170 valence electrons. The highest BCUT2D eigenvalue weighted by Crippen LogP contribution is 2.09. The summed E-state index contributed by atoms with van der Waals surface area (Å²) >= 11 is 0. The predicted molar refractivity (Wildman–Crippen MR) is 117 cm³/mol. The zero-order valence-electron chi connectivity index (χ0n) is 17.9. The first-order valence-corrected chi connectivity index (χ1v) is 10.1. The van der Waals surface area contributed by atoms with Gasteiger partial charge in [0, 0.05) is 6.42 Å². The fourth-order valence-electron chi connectivity index (χ4n) is 2.93. The minimum absolute atomic E-state index is 0.0509. The van der Waals surface area contributed by atoms with Crippen molar-refractivity contribution in [3.8, 4) is 0 Å². The number of hydrogen-bond donors (Lipinski definition) is 4. The number of nitrogens with two attached hydrogens (primary N) is 1. The number of carboxylic acid groups (broad SMARTS) is 1. The lowest BCUT2D eigenvalue weighted by atomic mass is 10.0. The molecule has 0 aliphatic carbocycles. The number of carboxylic acids is 1. The second-order valence-electron chi connectivity index (χ2n) is 7.60. The zero-order valence-corrected chi connectivity index (χ0v) is 17.9. The molecule has 5 N–H and O–H groups in total. The molecule has 9 heteroatoms. The number of benzene rings is 2. The van der Waals surface area contributed by atoms with Crippen molar-refractivity contribution in [1.29, 1.82) is 0 Å². The van der Waals surface area contributed by atoms with E-state index in [4.69, 9.17) is 15.6 Å². The Morgan fingerprint density at radius 3 is 2.09 bits per heavy atom. The van der Waals surface area contributed by atoms with Crippen LogP contribution in [0.15, 0.2) is 54.6 Å². The van der Waals surface area contributed by atoms with Crippen molar-refractivity contribution in [2.75, 3.05) is 0 Å². The van der Waals surface area contributed by atoms with Crippen LogP contribution in [0.5, 0.6) is 0 Å². The van der Waals surface area contributed by atoms with Crippen LogP contribution in [-0.2, 0) is 27.4 Å². The fourth-order valence-corrected chi connectivity index (χ4v) is 2.93. The lowest BCUT2D eigenvalue weighted by Crippen LogP contribution is -2.55. The number of rotatable bonds is 10. The maximum absolute atomic E-state index is 12.8. The first-order chi connectivity index (χ1) is 15.2. The number of alkyl carbamates (subject to hydrolysis) is 1. The van der Waals surface area contributed by atoms with E-state index in [1.54, 1.807) is 38.1 Å². The highest BCUT2D eigenvalue weighted by molar-refractivity contribution is 5.91. The monoisotopic (exact) mass is 441 g/mol. The predicted octanol–water partition coefficient (Wildman–Crippen LogP) is 1.85. The summed E-state index contributed by atoms with van der Waals surface area (Å²) in [6.07, 6.45) is -0.688. The van der Waals surface area contributed by atoms with Crippen molar-refractivity contribution < 1.29 is 29.0 Å². The van der Waals surface area contributed by atoms with Crippen LogP contribution in [0, 0.1) is 5.92 Å². The zero-order chi connectivity index (χ0) is 23.7. The van der Waals surface area contributed by atoms with E-state index in [1.165, 1.54) is 12.1 Å². The minimum atomic E-state index is -1.07. The molecule has 0 radical (unpaired) electrons. The molecule has 9 nitrogen and oxygen atoms in total. The average molecular weight is 441 g/mol. The van der Waals surface area contributed by atoms with Crippen molar-refractivity contribution in [2.24, 2.45) is 11.7 Å². The summed E-state index contributed by atoms with van der Waals surface area (Å²) in [5, 5.41) is 14.1. The third-order valence-electron chi connectivity index (χ3n) is 4.74. The van der Waals surface area contributed by atoms with Crippen molar-refractivity contribution in [1.82, 2.24) is 10.6 Å². The number of nitrogens with one attached hydrogen (secondary N) is 2. The molecule has 0 bridgehead atoms. The summed E-state index contributed by atoms with van der Waals surface area (Å²) in [4.78, 5) is 47.8. The fraction of sp³-hybridized carbons (Fsp3) is 0.304. The molecule has 0 heterocycles. The van der Waals surface area contributed by atoms with Crippen LogP contribution in [0.25, 0.3) is 0 Å². The molecular weight excluding hydrogens is 414 g/mol. The molecule has 0 aliphatic heterocycles. The van der Waals surface area contributed by atoms with Gasteiger partial charge >= 0.3 is 12.1 Å². The number of carbonyl (C=O) groups is 4. The summed E-state index contributed by atoms with van der Waals surface area (Å²) in [5.74, 6) is -2.69. The van der Waals surface area contributed by atoms with Crippen LogP contribution in [0.3, 0.4) is 0 Å². The Labute approximate surface area is 185 Å². The average Bonchev–Trinajstić information content (AvgIpc) is 2.76. The number of aromatic carboxylic acids is 1. The number of amides is 3. The lowest BCUT2D eigenvalue weighted by Gasteiger charge is -2.24. The van der Waals surface area contributed by atoms with E-state index >= 15 is 0 Å². The molecule has 2 atom stereocenters. The third-order valence-corrected chi connectivity index (χ3v) is 4.74. The molecule has 2 aromatic rings. The van der Waals surface area contributed by atoms with Crippen LogP contribution < -0.4 is 16.4 Å². The van der Waals surface area contributed by atoms with Crippen LogP contribution in [0.2, 0.25) is 0 Å². The van der Waals surface area contributed by atoms with Gasteiger partial charge in [-0.05, 0) is 29.2 Å². The Bertz CT molecular complexity index is 944. The molecule has 0 saturated heterocycles. The van der Waals surface area contributed by atoms with Crippen molar-refractivity contribution in [3.05, 3.63) is 71.3 Å². The lowest BCUT2D eigenvalue weighted by molar-refractivity contribution is -0.129. The van der Waals surface area contributed by atoms with E-state index in [-0.39, 0.29) is 24.5 Å². The minimum Gasteiger partial charge on any atom is -0.478 e. The van der Waals surface area contributed by atoms with Gasteiger partial charge in [0.2, 0.25) is 11.8 Å². The standard InChI is InChI=1S/C23H27N3O6/c1-14(2)19(26-23(31)32-13-16-6-4-3-5-7-16)21(28)25-18(20(24)27)12-15-8-10-17(11-9-15)22(29)30/h3-11,14,18-19H,12-13H2,1-2H3,(H2,24,27)(H,25,28)(H,26,31)(H,29,30)/t18-,19+/m1/s1. The first-order valence-electron chi connectivity index (χ1n) is 10.1. The highest BCUT2D eigenvalue weighted by Gasteiger charge is 2.28. The third kappa shape index (κ3) is 7.42. The Kier molecular flexibility index (Phi) is 8.76. The number of carbonyl (C=O) groups excluding carboxylic acids is 3. The number of primary amides is 1. The Balaban J connectivity index is 1.99. The second-order valence-corrected chi connectivity index (χ2v) is 7.60. The van der Waals surface area contributed by atoms with Gasteiger partial charge in [-0.15, -0.1) is 0 Å². The second kappa shape index (κ2) is 11.5. The largest absolute Gasteiger partial charge is 0.478 e. The van der Waals surface area contributed by atoms with Crippen molar-refractivity contribution >= 4 is 23.9 Å². The van der Waals surface area contributed by atoms with Gasteiger partial charge in [0.05, 0.1) is 5.56 Å². The molecule has 32 heavy (non-hydrogen) atoms. The van der Waals surface area contributed by atoms with Crippen LogP contribution >= 0.6 is 0 Å². The summed E-state index contributed by atoms with van der Waals surface area (Å²) in [7, 11) is 0. The van der Waals surface area contributed by atoms with Gasteiger partial charge in [0.1, 0.15) is 18.7 Å². The molecule has 0 aromatic heterocycles. The van der Waals surface area contributed by atoms with Crippen LogP contribution in [0.1, 0.15) is 35.3 Å². The summed E-state index contributed by atoms with van der Waals surface area (Å²) in [6, 6.07) is 13.0. The molecule has 0 unspecified atom stereocenters. The first kappa shape index (κ1) is 24.4. The Morgan fingerprint density at radius 1 is 0.938 bits per heavy atom. The summed E-state index contributed by atoms with van der Waals surface area (Å²) in [6.45, 7) is 3.53. The number of hydrogen-bond acceptors (Lipinski definition) is 5. The SMILES string of the molecule is CC(C)[C@H](NC(=O)OCc1ccccc1)C(=O)N[C@H](Cc1ccc(C(=O)O)cc1)C(N)=O. The van der Waals surface area contributed by atoms with Crippen LogP contribution in [-0.4, -0.2) is 41.1 Å². The molecule has 2 aromatic carbocycles. The van der Waals surface area contributed by atoms with Crippen molar-refractivity contribution in [3.63, 3.8) is 0 Å². The molecule has 0 spiro atoms. The summed E-state index contributed by atoms with van der Waals surface area (Å²) in [5.41, 5.74) is 6.97. The van der Waals surface area contributed by atoms with Crippen molar-refractivity contribution in [2.45, 2.75) is 39.0 Å². The summed E-state index contributed by atoms with van der Waals surface area (Å²) < 4.78 is 5.17. The Hall–Kier alpha value is -3.88. The van der Waals surface area contributed by atoms with E-state index in [9.17, 15) is 19.2 Å². The van der Waals surface area contributed by atoms with E-state index in [2.05, 4.69) is 10.6 Å². The quantitative estimate of drug-likeness (QED) is 0.442. The molecule has 0 aliphatic rings. The van der Waals surface area contributed by atoms with Gasteiger partial charge < -0.3 is 26.2 Å². The van der Waals surface area contributed by atoms with Gasteiger partial charge in [0.15, 0.2) is 0 Å². The van der Waals surface area contributed by atoms with Gasteiger partial charge in [-0.25, -0.2) is 9.59 Å². The van der Waals surface area contributed by atoms with E-state index in [0.29, 0.717) is 5.56 Å². The molecular formula is C23H27N3O6. The topological polar surface area (TPSA) is 148 Å². The smallest absolute Gasteiger partial charge is 0.408 e. The van der Waals surface area contributed by atoms with Gasteiger partial charge in [-0.3, -0.25) is 9.59 Å². The maximum atomic E-state index is 12.8. The van der Waals surface area contributed by atoms with Gasteiger partial charge in [-0.2, -0.15) is 0 Å². The number of ether oxygens (including phenoxy) is 1. The molecule has 2 rings (SSSR count). The highest BCUT2D eigenvalue weighted by atomic mass is 16.5.